The third-order valence-corrected chi connectivity index (χ3v) is 5.50. The Balaban J connectivity index is 2.25. The Morgan fingerprint density at radius 3 is 2.60 bits per heavy atom. The van der Waals surface area contributed by atoms with Crippen LogP contribution in [0.4, 0.5) is 0 Å². The molecule has 2 rings (SSSR count). The van der Waals surface area contributed by atoms with E-state index in [1.807, 2.05) is 20.8 Å². The van der Waals surface area contributed by atoms with Gasteiger partial charge in [-0.05, 0) is 40.0 Å². The molecule has 2 aliphatic rings. The third kappa shape index (κ3) is 4.78. The summed E-state index contributed by atoms with van der Waals surface area (Å²) in [5.74, 6) is 0.315. The van der Waals surface area contributed by atoms with Crippen LogP contribution in [0.25, 0.3) is 0 Å². The molecule has 25 heavy (non-hydrogen) atoms. The largest absolute Gasteiger partial charge is 0.302 e. The maximum atomic E-state index is 13.1. The van der Waals surface area contributed by atoms with Crippen molar-refractivity contribution in [1.29, 1.82) is 0 Å². The van der Waals surface area contributed by atoms with Crippen LogP contribution in [-0.4, -0.2) is 59.8 Å². The van der Waals surface area contributed by atoms with Gasteiger partial charge in [-0.15, -0.1) is 0 Å². The summed E-state index contributed by atoms with van der Waals surface area (Å²) in [5, 5.41) is 6.86. The van der Waals surface area contributed by atoms with Gasteiger partial charge in [-0.2, -0.15) is 0 Å². The van der Waals surface area contributed by atoms with Crippen molar-refractivity contribution >= 4 is 11.6 Å². The summed E-state index contributed by atoms with van der Waals surface area (Å²) in [6, 6.07) is 0.246. The summed E-state index contributed by atoms with van der Waals surface area (Å²) in [4.78, 5) is 28.2. The molecule has 0 aromatic heterocycles. The normalized spacial score (nSPS) is 34.2. The first-order chi connectivity index (χ1) is 11.7. The van der Waals surface area contributed by atoms with Gasteiger partial charge in [0.2, 0.25) is 0 Å². The zero-order valence-corrected chi connectivity index (χ0v) is 16.5. The molecule has 0 spiro atoms. The van der Waals surface area contributed by atoms with Crippen LogP contribution in [0.1, 0.15) is 53.9 Å². The van der Waals surface area contributed by atoms with Gasteiger partial charge in [0, 0.05) is 31.6 Å². The second-order valence-electron chi connectivity index (χ2n) is 8.50. The number of nitrogens with one attached hydrogen (secondary N) is 2. The minimum atomic E-state index is -0.648. The molecule has 2 bridgehead atoms. The molecule has 0 amide bonds. The van der Waals surface area contributed by atoms with Crippen molar-refractivity contribution in [3.63, 3.8) is 0 Å². The molecule has 5 nitrogen and oxygen atoms in total. The molecule has 2 aliphatic heterocycles. The van der Waals surface area contributed by atoms with Gasteiger partial charge >= 0.3 is 0 Å². The van der Waals surface area contributed by atoms with Crippen LogP contribution in [-0.2, 0) is 9.59 Å². The molecule has 1 saturated heterocycles. The van der Waals surface area contributed by atoms with Gasteiger partial charge in [0.25, 0.3) is 0 Å². The number of allylic oxidation sites excluding steroid dienone is 1. The minimum Gasteiger partial charge on any atom is -0.302 e. The van der Waals surface area contributed by atoms with Crippen LogP contribution >= 0.6 is 0 Å². The molecule has 0 saturated carbocycles. The van der Waals surface area contributed by atoms with Gasteiger partial charge in [-0.3, -0.25) is 19.8 Å². The number of carbonyl (C=O) groups excluding carboxylic acids is 2. The lowest BCUT2D eigenvalue weighted by atomic mass is 9.83. The van der Waals surface area contributed by atoms with E-state index >= 15 is 0 Å². The first-order valence-electron chi connectivity index (χ1n) is 9.66. The van der Waals surface area contributed by atoms with Gasteiger partial charge in [0.15, 0.2) is 11.6 Å². The van der Waals surface area contributed by atoms with Crippen LogP contribution in [0.2, 0.25) is 0 Å². The number of Topliss-reactive ketones (excluding diaryl/α,β-unsaturated/α-hetero) is 2. The highest BCUT2D eigenvalue weighted by Gasteiger charge is 2.45. The zero-order valence-electron chi connectivity index (χ0n) is 16.5. The van der Waals surface area contributed by atoms with E-state index in [1.165, 1.54) is 0 Å². The first-order valence-corrected chi connectivity index (χ1v) is 9.66. The van der Waals surface area contributed by atoms with E-state index in [-0.39, 0.29) is 30.1 Å². The maximum Gasteiger partial charge on any atom is 0.167 e. The van der Waals surface area contributed by atoms with E-state index in [4.69, 9.17) is 0 Å². The predicted octanol–water partition coefficient (Wildman–Crippen LogP) is 1.92. The van der Waals surface area contributed by atoms with Crippen molar-refractivity contribution in [2.75, 3.05) is 26.2 Å². The fourth-order valence-corrected chi connectivity index (χ4v) is 4.12. The lowest BCUT2D eigenvalue weighted by molar-refractivity contribution is -0.129. The molecule has 0 aliphatic carbocycles. The van der Waals surface area contributed by atoms with Crippen molar-refractivity contribution in [2.45, 2.75) is 71.0 Å². The topological polar surface area (TPSA) is 61.4 Å². The molecule has 3 unspecified atom stereocenters. The lowest BCUT2D eigenvalue weighted by Gasteiger charge is -2.35. The van der Waals surface area contributed by atoms with E-state index in [9.17, 15) is 9.59 Å². The predicted molar refractivity (Wildman–Crippen MR) is 102 cm³/mol. The first kappa shape index (κ1) is 20.3. The molecule has 0 aromatic carbocycles. The van der Waals surface area contributed by atoms with Crippen molar-refractivity contribution in [3.05, 3.63) is 12.2 Å². The Labute approximate surface area is 152 Å². The molecule has 0 aromatic rings. The standard InChI is InChI=1S/C20H35N3O2/c1-15(2)18(25)19(5)9-7-6-8-11-23-12-10-20(14-23,22-16(3)4)17(24)13-21-19/h6,8,15-16,21-22H,7,9-14H2,1-5H3. The van der Waals surface area contributed by atoms with Gasteiger partial charge in [0.1, 0.15) is 0 Å². The van der Waals surface area contributed by atoms with Gasteiger partial charge in [-0.25, -0.2) is 0 Å². The maximum absolute atomic E-state index is 13.1. The second kappa shape index (κ2) is 8.11. The average molecular weight is 350 g/mol. The van der Waals surface area contributed by atoms with E-state index in [1.54, 1.807) is 0 Å². The van der Waals surface area contributed by atoms with E-state index in [0.717, 1.165) is 38.9 Å². The van der Waals surface area contributed by atoms with Crippen molar-refractivity contribution in [1.82, 2.24) is 15.5 Å². The highest BCUT2D eigenvalue weighted by molar-refractivity contribution is 5.93. The Hall–Kier alpha value is -1.04. The fourth-order valence-electron chi connectivity index (χ4n) is 4.12. The van der Waals surface area contributed by atoms with Crippen LogP contribution in [0.3, 0.4) is 0 Å². The van der Waals surface area contributed by atoms with Crippen molar-refractivity contribution in [3.8, 4) is 0 Å². The number of carbonyl (C=O) groups is 2. The summed E-state index contributed by atoms with van der Waals surface area (Å²) in [5.41, 5.74) is -1.15. The number of hydrogen-bond acceptors (Lipinski definition) is 5. The Kier molecular flexibility index (Phi) is 6.57. The Bertz CT molecular complexity index is 529. The summed E-state index contributed by atoms with van der Waals surface area (Å²) in [6.07, 6.45) is 6.75. The number of hydrogen-bond donors (Lipinski definition) is 2. The number of nitrogens with zero attached hydrogens (tertiary/aromatic N) is 1. The summed E-state index contributed by atoms with van der Waals surface area (Å²) in [6.45, 7) is 12.8. The summed E-state index contributed by atoms with van der Waals surface area (Å²) in [7, 11) is 0. The molecule has 5 heteroatoms. The van der Waals surface area contributed by atoms with Crippen molar-refractivity contribution < 1.29 is 9.59 Å². The van der Waals surface area contributed by atoms with Crippen molar-refractivity contribution in [2.24, 2.45) is 5.92 Å². The Morgan fingerprint density at radius 2 is 1.96 bits per heavy atom. The highest BCUT2D eigenvalue weighted by atomic mass is 16.1. The molecule has 142 valence electrons. The van der Waals surface area contributed by atoms with E-state index < -0.39 is 11.1 Å². The van der Waals surface area contributed by atoms with Gasteiger partial charge in [-0.1, -0.05) is 26.0 Å². The molecule has 2 heterocycles. The number of fused-ring (bicyclic) bond motifs is 2. The minimum absolute atomic E-state index is 0.0470. The van der Waals surface area contributed by atoms with E-state index in [0.29, 0.717) is 0 Å². The molecule has 1 fully saturated rings. The fraction of sp³-hybridized carbons (Fsp3) is 0.800. The molecule has 2 N–H and O–H groups in total. The second-order valence-corrected chi connectivity index (χ2v) is 8.50. The molecule has 0 radical (unpaired) electrons. The highest BCUT2D eigenvalue weighted by Crippen LogP contribution is 2.25. The van der Waals surface area contributed by atoms with E-state index in [2.05, 4.69) is 41.5 Å². The number of ketones is 2. The monoisotopic (exact) mass is 349 g/mol. The van der Waals surface area contributed by atoms with Gasteiger partial charge in [0.05, 0.1) is 17.6 Å². The Morgan fingerprint density at radius 1 is 1.24 bits per heavy atom. The summed E-state index contributed by atoms with van der Waals surface area (Å²) < 4.78 is 0. The average Bonchev–Trinajstić information content (AvgIpc) is 2.94. The third-order valence-electron chi connectivity index (χ3n) is 5.50. The zero-order chi connectivity index (χ0) is 18.7. The van der Waals surface area contributed by atoms with Gasteiger partial charge < -0.3 is 5.32 Å². The SMILES string of the molecule is CC(C)NC12CCN(CC=CCCC(C)(C(=O)C(C)C)NCC1=O)C2. The van der Waals surface area contributed by atoms with Crippen LogP contribution in [0, 0.1) is 5.92 Å². The summed E-state index contributed by atoms with van der Waals surface area (Å²) >= 11 is 0. The number of rotatable bonds is 4. The van der Waals surface area contributed by atoms with Crippen LogP contribution in [0.5, 0.6) is 0 Å². The van der Waals surface area contributed by atoms with Crippen LogP contribution in [0.15, 0.2) is 12.2 Å². The quantitative estimate of drug-likeness (QED) is 0.760. The lowest BCUT2D eigenvalue weighted by Crippen LogP contribution is -2.61. The molecule has 3 atom stereocenters. The molecular formula is C20H35N3O2. The van der Waals surface area contributed by atoms with Crippen LogP contribution < -0.4 is 10.6 Å². The molecular weight excluding hydrogens is 314 g/mol. The smallest absolute Gasteiger partial charge is 0.167 e.